The molecule has 1 heterocycles. The maximum Gasteiger partial charge on any atom is 0.227 e. The molecule has 0 aromatic heterocycles. The number of nitrogens with zero attached hydrogens (tertiary/aromatic N) is 1. The van der Waals surface area contributed by atoms with Crippen LogP contribution in [-0.4, -0.2) is 36.1 Å². The van der Waals surface area contributed by atoms with E-state index in [9.17, 15) is 9.59 Å². The van der Waals surface area contributed by atoms with Crippen LogP contribution in [0.2, 0.25) is 0 Å². The van der Waals surface area contributed by atoms with Gasteiger partial charge in [0.25, 0.3) is 0 Å². The second kappa shape index (κ2) is 6.72. The third-order valence-corrected chi connectivity index (χ3v) is 3.81. The number of benzene rings is 1. The minimum Gasteiger partial charge on any atom is -0.394 e. The molecule has 21 heavy (non-hydrogen) atoms. The molecule has 2 N–H and O–H groups in total. The molecular formula is C16H22N2O3. The van der Waals surface area contributed by atoms with Gasteiger partial charge >= 0.3 is 0 Å². The highest BCUT2D eigenvalue weighted by Crippen LogP contribution is 2.25. The summed E-state index contributed by atoms with van der Waals surface area (Å²) in [4.78, 5) is 25.8. The largest absolute Gasteiger partial charge is 0.394 e. The smallest absolute Gasteiger partial charge is 0.227 e. The summed E-state index contributed by atoms with van der Waals surface area (Å²) >= 11 is 0. The Morgan fingerprint density at radius 2 is 2.10 bits per heavy atom. The minimum absolute atomic E-state index is 0.0314. The molecule has 0 radical (unpaired) electrons. The fourth-order valence-electron chi connectivity index (χ4n) is 2.45. The van der Waals surface area contributed by atoms with Gasteiger partial charge in [-0.3, -0.25) is 9.59 Å². The molecule has 0 aliphatic carbocycles. The van der Waals surface area contributed by atoms with Gasteiger partial charge in [-0.15, -0.1) is 0 Å². The molecule has 2 rings (SSSR count). The average molecular weight is 290 g/mol. The molecule has 1 aliphatic rings. The predicted molar refractivity (Wildman–Crippen MR) is 81.0 cm³/mol. The number of nitrogens with one attached hydrogen (secondary N) is 1. The van der Waals surface area contributed by atoms with Crippen LogP contribution in [0.5, 0.6) is 0 Å². The van der Waals surface area contributed by atoms with Crippen molar-refractivity contribution in [3.8, 4) is 0 Å². The first kappa shape index (κ1) is 15.5. The number of carbonyl (C=O) groups is 2. The molecule has 2 unspecified atom stereocenters. The minimum atomic E-state index is -0.350. The number of aliphatic hydroxyl groups excluding tert-OH is 1. The lowest BCUT2D eigenvalue weighted by molar-refractivity contribution is -0.127. The highest BCUT2D eigenvalue weighted by Gasteiger charge is 2.35. The van der Waals surface area contributed by atoms with Gasteiger partial charge in [0, 0.05) is 24.7 Å². The van der Waals surface area contributed by atoms with Crippen molar-refractivity contribution in [1.82, 2.24) is 5.32 Å². The van der Waals surface area contributed by atoms with E-state index in [0.717, 1.165) is 12.1 Å². The monoisotopic (exact) mass is 290 g/mol. The van der Waals surface area contributed by atoms with Gasteiger partial charge in [-0.25, -0.2) is 0 Å². The molecule has 1 aliphatic heterocycles. The summed E-state index contributed by atoms with van der Waals surface area (Å²) in [5, 5.41) is 11.7. The summed E-state index contributed by atoms with van der Waals surface area (Å²) in [5.41, 5.74) is 2.05. The summed E-state index contributed by atoms with van der Waals surface area (Å²) in [6.45, 7) is 4.11. The van der Waals surface area contributed by atoms with E-state index in [1.807, 2.05) is 24.3 Å². The summed E-state index contributed by atoms with van der Waals surface area (Å²) in [6, 6.07) is 7.57. The fourth-order valence-corrected chi connectivity index (χ4v) is 2.45. The van der Waals surface area contributed by atoms with Gasteiger partial charge in [-0.05, 0) is 31.0 Å². The van der Waals surface area contributed by atoms with Crippen molar-refractivity contribution in [2.75, 3.05) is 18.1 Å². The average Bonchev–Trinajstić information content (AvgIpc) is 2.89. The Labute approximate surface area is 125 Å². The second-order valence-electron chi connectivity index (χ2n) is 5.52. The number of aryl methyl sites for hydroxylation is 1. The standard InChI is InChI=1S/C16H22N2O3/c1-3-12-4-6-14(7-5-12)18-9-13(8-15(18)20)16(21)17-11(2)10-19/h4-7,11,13,19H,3,8-10H2,1-2H3,(H,17,21). The first-order valence-corrected chi connectivity index (χ1v) is 7.35. The Morgan fingerprint density at radius 1 is 1.43 bits per heavy atom. The molecule has 2 atom stereocenters. The second-order valence-corrected chi connectivity index (χ2v) is 5.52. The SMILES string of the molecule is CCc1ccc(N2CC(C(=O)NC(C)CO)CC2=O)cc1. The van der Waals surface area contributed by atoms with Crippen molar-refractivity contribution in [3.63, 3.8) is 0 Å². The normalized spacial score (nSPS) is 19.7. The van der Waals surface area contributed by atoms with E-state index in [-0.39, 0.29) is 36.8 Å². The zero-order valence-corrected chi connectivity index (χ0v) is 12.5. The van der Waals surface area contributed by atoms with Crippen LogP contribution in [0.1, 0.15) is 25.8 Å². The van der Waals surface area contributed by atoms with Crippen molar-refractivity contribution in [2.45, 2.75) is 32.7 Å². The maximum absolute atomic E-state index is 12.1. The van der Waals surface area contributed by atoms with E-state index in [0.29, 0.717) is 6.54 Å². The topological polar surface area (TPSA) is 69.6 Å². The van der Waals surface area contributed by atoms with Crippen molar-refractivity contribution in [1.29, 1.82) is 0 Å². The van der Waals surface area contributed by atoms with Crippen molar-refractivity contribution >= 4 is 17.5 Å². The van der Waals surface area contributed by atoms with Crippen molar-refractivity contribution < 1.29 is 14.7 Å². The highest BCUT2D eigenvalue weighted by molar-refractivity contribution is 6.00. The van der Waals surface area contributed by atoms with Crippen LogP contribution in [0, 0.1) is 5.92 Å². The summed E-state index contributed by atoms with van der Waals surface area (Å²) in [6.07, 6.45) is 1.18. The molecule has 114 valence electrons. The number of hydrogen-bond acceptors (Lipinski definition) is 3. The summed E-state index contributed by atoms with van der Waals surface area (Å²) in [7, 11) is 0. The van der Waals surface area contributed by atoms with Crippen molar-refractivity contribution in [2.24, 2.45) is 5.92 Å². The van der Waals surface area contributed by atoms with Crippen LogP contribution in [0.25, 0.3) is 0 Å². The van der Waals surface area contributed by atoms with Gasteiger partial charge in [-0.2, -0.15) is 0 Å². The number of hydrogen-bond donors (Lipinski definition) is 2. The van der Waals surface area contributed by atoms with Crippen LogP contribution >= 0.6 is 0 Å². The summed E-state index contributed by atoms with van der Waals surface area (Å²) in [5.74, 6) is -0.550. The zero-order valence-electron chi connectivity index (χ0n) is 12.5. The maximum atomic E-state index is 12.1. The number of rotatable bonds is 5. The Kier molecular flexibility index (Phi) is 4.96. The first-order chi connectivity index (χ1) is 10.0. The van der Waals surface area contributed by atoms with E-state index in [4.69, 9.17) is 5.11 Å². The fraction of sp³-hybridized carbons (Fsp3) is 0.500. The first-order valence-electron chi connectivity index (χ1n) is 7.35. The Balaban J connectivity index is 2.03. The Bertz CT molecular complexity index is 513. The quantitative estimate of drug-likeness (QED) is 0.853. The van der Waals surface area contributed by atoms with Crippen LogP contribution in [0.4, 0.5) is 5.69 Å². The molecule has 0 bridgehead atoms. The van der Waals surface area contributed by atoms with E-state index in [1.54, 1.807) is 11.8 Å². The highest BCUT2D eigenvalue weighted by atomic mass is 16.3. The molecule has 5 nitrogen and oxygen atoms in total. The molecule has 5 heteroatoms. The Hall–Kier alpha value is -1.88. The molecule has 1 saturated heterocycles. The van der Waals surface area contributed by atoms with Gasteiger partial charge < -0.3 is 15.3 Å². The third-order valence-electron chi connectivity index (χ3n) is 3.81. The van der Waals surface area contributed by atoms with E-state index >= 15 is 0 Å². The molecule has 1 aromatic carbocycles. The molecule has 2 amide bonds. The van der Waals surface area contributed by atoms with Crippen LogP contribution in [0.3, 0.4) is 0 Å². The van der Waals surface area contributed by atoms with E-state index in [2.05, 4.69) is 12.2 Å². The van der Waals surface area contributed by atoms with Gasteiger partial charge in [0.2, 0.25) is 11.8 Å². The van der Waals surface area contributed by atoms with Crippen molar-refractivity contribution in [3.05, 3.63) is 29.8 Å². The lowest BCUT2D eigenvalue weighted by Gasteiger charge is -2.18. The molecule has 1 aromatic rings. The van der Waals surface area contributed by atoms with Crippen LogP contribution in [-0.2, 0) is 16.0 Å². The van der Waals surface area contributed by atoms with Gasteiger partial charge in [-0.1, -0.05) is 19.1 Å². The van der Waals surface area contributed by atoms with E-state index < -0.39 is 0 Å². The lowest BCUT2D eigenvalue weighted by Crippen LogP contribution is -2.40. The predicted octanol–water partition coefficient (Wildman–Crippen LogP) is 1.10. The number of carbonyl (C=O) groups excluding carboxylic acids is 2. The van der Waals surface area contributed by atoms with Gasteiger partial charge in [0.1, 0.15) is 0 Å². The zero-order chi connectivity index (χ0) is 15.4. The number of amides is 2. The Morgan fingerprint density at radius 3 is 2.67 bits per heavy atom. The third kappa shape index (κ3) is 3.61. The number of anilines is 1. The molecular weight excluding hydrogens is 268 g/mol. The molecule has 0 saturated carbocycles. The molecule has 1 fully saturated rings. The van der Waals surface area contributed by atoms with Gasteiger partial charge in [0.05, 0.1) is 12.5 Å². The molecule has 0 spiro atoms. The van der Waals surface area contributed by atoms with Crippen LogP contribution < -0.4 is 10.2 Å². The lowest BCUT2D eigenvalue weighted by atomic mass is 10.1. The van der Waals surface area contributed by atoms with Crippen LogP contribution in [0.15, 0.2) is 24.3 Å². The summed E-state index contributed by atoms with van der Waals surface area (Å²) < 4.78 is 0. The van der Waals surface area contributed by atoms with E-state index in [1.165, 1.54) is 5.56 Å². The number of aliphatic hydroxyl groups is 1. The van der Waals surface area contributed by atoms with Gasteiger partial charge in [0.15, 0.2) is 0 Å².